The summed E-state index contributed by atoms with van der Waals surface area (Å²) in [5.74, 6) is -3.48. The van der Waals surface area contributed by atoms with Gasteiger partial charge in [0.1, 0.15) is 10.8 Å². The summed E-state index contributed by atoms with van der Waals surface area (Å²) in [5, 5.41) is 0.208. The number of aromatic nitrogens is 1. The highest BCUT2D eigenvalue weighted by molar-refractivity contribution is 6.34. The van der Waals surface area contributed by atoms with Gasteiger partial charge in [0.25, 0.3) is 11.8 Å². The Morgan fingerprint density at radius 2 is 2.16 bits per heavy atom. The molecule has 19 heavy (non-hydrogen) atoms. The Kier molecular flexibility index (Phi) is 3.97. The quantitative estimate of drug-likeness (QED) is 0.742. The minimum atomic E-state index is -2.87. The number of pyridine rings is 1. The molecule has 3 nitrogen and oxygen atoms in total. The molecule has 1 saturated heterocycles. The van der Waals surface area contributed by atoms with Crippen LogP contribution in [0.4, 0.5) is 8.78 Å². The molecule has 104 valence electrons. The highest BCUT2D eigenvalue weighted by Gasteiger charge is 2.41. The van der Waals surface area contributed by atoms with Crippen LogP contribution in [0.2, 0.25) is 10.2 Å². The SMILES string of the molecule is C[C@H]1CCC(F)(F)CN1C(=O)c1nc(Cl)ccc1Cl. The fraction of sp³-hybridized carbons (Fsp3) is 0.500. The molecule has 1 aromatic heterocycles. The van der Waals surface area contributed by atoms with Crippen LogP contribution in [-0.4, -0.2) is 34.3 Å². The third-order valence-electron chi connectivity index (χ3n) is 3.14. The number of rotatable bonds is 1. The van der Waals surface area contributed by atoms with Crippen molar-refractivity contribution < 1.29 is 13.6 Å². The van der Waals surface area contributed by atoms with Crippen LogP contribution in [0.5, 0.6) is 0 Å². The van der Waals surface area contributed by atoms with Gasteiger partial charge >= 0.3 is 0 Å². The Morgan fingerprint density at radius 3 is 2.84 bits per heavy atom. The zero-order valence-electron chi connectivity index (χ0n) is 10.2. The normalized spacial score (nSPS) is 22.4. The Hall–Kier alpha value is -0.940. The van der Waals surface area contributed by atoms with Gasteiger partial charge in [-0.15, -0.1) is 0 Å². The fourth-order valence-electron chi connectivity index (χ4n) is 2.04. The van der Waals surface area contributed by atoms with Crippen LogP contribution in [-0.2, 0) is 0 Å². The minimum absolute atomic E-state index is 0.0845. The van der Waals surface area contributed by atoms with E-state index in [1.807, 2.05) is 0 Å². The van der Waals surface area contributed by atoms with E-state index in [0.29, 0.717) is 0 Å². The zero-order valence-corrected chi connectivity index (χ0v) is 11.7. The smallest absolute Gasteiger partial charge is 0.274 e. The molecular formula is C12H12Cl2F2N2O. The number of alkyl halides is 2. The van der Waals surface area contributed by atoms with E-state index in [-0.39, 0.29) is 34.8 Å². The van der Waals surface area contributed by atoms with Gasteiger partial charge in [-0.3, -0.25) is 4.79 Å². The van der Waals surface area contributed by atoms with E-state index in [1.54, 1.807) is 6.92 Å². The summed E-state index contributed by atoms with van der Waals surface area (Å²) < 4.78 is 26.8. The molecule has 0 unspecified atom stereocenters. The number of amides is 1. The molecular weight excluding hydrogens is 297 g/mol. The number of hydrogen-bond acceptors (Lipinski definition) is 2. The van der Waals surface area contributed by atoms with Gasteiger partial charge in [0.05, 0.1) is 11.6 Å². The van der Waals surface area contributed by atoms with Gasteiger partial charge in [0.2, 0.25) is 0 Å². The first-order valence-electron chi connectivity index (χ1n) is 5.81. The van der Waals surface area contributed by atoms with Crippen LogP contribution in [0, 0.1) is 0 Å². The summed E-state index contributed by atoms with van der Waals surface area (Å²) in [5.41, 5.74) is -0.0845. The summed E-state index contributed by atoms with van der Waals surface area (Å²) in [6.45, 7) is 1.11. The van der Waals surface area contributed by atoms with E-state index >= 15 is 0 Å². The van der Waals surface area contributed by atoms with E-state index in [9.17, 15) is 13.6 Å². The Labute approximate surface area is 119 Å². The van der Waals surface area contributed by atoms with Gasteiger partial charge in [-0.1, -0.05) is 23.2 Å². The van der Waals surface area contributed by atoms with Crippen LogP contribution in [0.3, 0.4) is 0 Å². The maximum absolute atomic E-state index is 13.4. The Bertz CT molecular complexity index is 511. The molecule has 0 radical (unpaired) electrons. The Morgan fingerprint density at radius 1 is 1.47 bits per heavy atom. The lowest BCUT2D eigenvalue weighted by atomic mass is 10.00. The monoisotopic (exact) mass is 308 g/mol. The molecule has 0 N–H and O–H groups in total. The molecule has 1 atom stereocenters. The average Bonchev–Trinajstić information content (AvgIpc) is 2.34. The standard InChI is InChI=1S/C12H12Cl2F2N2O/c1-7-4-5-12(15,16)6-18(7)11(19)10-8(13)2-3-9(14)17-10/h2-3,7H,4-6H2,1H3/t7-/m0/s1. The van der Waals surface area contributed by atoms with Crippen molar-refractivity contribution in [3.05, 3.63) is 28.0 Å². The topological polar surface area (TPSA) is 33.2 Å². The maximum Gasteiger partial charge on any atom is 0.274 e. The number of carbonyl (C=O) groups is 1. The van der Waals surface area contributed by atoms with Crippen molar-refractivity contribution in [1.82, 2.24) is 9.88 Å². The van der Waals surface area contributed by atoms with Crippen LogP contribution >= 0.6 is 23.2 Å². The predicted molar refractivity (Wildman–Crippen MR) is 68.9 cm³/mol. The highest BCUT2D eigenvalue weighted by Crippen LogP contribution is 2.31. The number of halogens is 4. The van der Waals surface area contributed by atoms with E-state index in [2.05, 4.69) is 4.98 Å². The molecule has 0 saturated carbocycles. The molecule has 1 aromatic rings. The first kappa shape index (κ1) is 14.5. The third-order valence-corrected chi connectivity index (χ3v) is 3.65. The van der Waals surface area contributed by atoms with Crippen molar-refractivity contribution in [2.45, 2.75) is 31.7 Å². The predicted octanol–water partition coefficient (Wildman–Crippen LogP) is 3.65. The lowest BCUT2D eigenvalue weighted by Crippen LogP contribution is -2.50. The molecule has 1 aliphatic heterocycles. The summed E-state index contributed by atoms with van der Waals surface area (Å²) >= 11 is 11.6. The van der Waals surface area contributed by atoms with Crippen LogP contribution in [0.25, 0.3) is 0 Å². The first-order valence-corrected chi connectivity index (χ1v) is 6.56. The number of nitrogens with zero attached hydrogens (tertiary/aromatic N) is 2. The van der Waals surface area contributed by atoms with Gasteiger partial charge in [0, 0.05) is 12.5 Å². The van der Waals surface area contributed by atoms with Crippen LogP contribution < -0.4 is 0 Å². The number of carbonyl (C=O) groups excluding carboxylic acids is 1. The van der Waals surface area contributed by atoms with Crippen molar-refractivity contribution >= 4 is 29.1 Å². The summed E-state index contributed by atoms with van der Waals surface area (Å²) in [6, 6.07) is 2.59. The second-order valence-electron chi connectivity index (χ2n) is 4.64. The van der Waals surface area contributed by atoms with Crippen molar-refractivity contribution in [3.8, 4) is 0 Å². The van der Waals surface area contributed by atoms with Crippen molar-refractivity contribution in [2.75, 3.05) is 6.54 Å². The summed E-state index contributed by atoms with van der Waals surface area (Å²) in [4.78, 5) is 17.2. The second kappa shape index (κ2) is 5.21. The molecule has 0 aliphatic carbocycles. The average molecular weight is 309 g/mol. The molecule has 1 aliphatic rings. The molecule has 0 spiro atoms. The molecule has 0 aromatic carbocycles. The minimum Gasteiger partial charge on any atom is -0.329 e. The van der Waals surface area contributed by atoms with Gasteiger partial charge in [-0.2, -0.15) is 0 Å². The van der Waals surface area contributed by atoms with Crippen molar-refractivity contribution in [1.29, 1.82) is 0 Å². The molecule has 7 heteroatoms. The van der Waals surface area contributed by atoms with E-state index in [0.717, 1.165) is 4.90 Å². The van der Waals surface area contributed by atoms with Gasteiger partial charge in [-0.25, -0.2) is 13.8 Å². The van der Waals surface area contributed by atoms with Crippen molar-refractivity contribution in [2.24, 2.45) is 0 Å². The van der Waals surface area contributed by atoms with Crippen LogP contribution in [0.1, 0.15) is 30.3 Å². The van der Waals surface area contributed by atoms with Crippen molar-refractivity contribution in [3.63, 3.8) is 0 Å². The van der Waals surface area contributed by atoms with Gasteiger partial charge in [0.15, 0.2) is 0 Å². The second-order valence-corrected chi connectivity index (χ2v) is 5.44. The molecule has 1 amide bonds. The largest absolute Gasteiger partial charge is 0.329 e. The van der Waals surface area contributed by atoms with Crippen LogP contribution in [0.15, 0.2) is 12.1 Å². The number of piperidine rings is 1. The molecule has 1 fully saturated rings. The Balaban J connectivity index is 2.29. The summed E-state index contributed by atoms with van der Waals surface area (Å²) in [6.07, 6.45) is 0.0333. The maximum atomic E-state index is 13.4. The van der Waals surface area contributed by atoms with E-state index < -0.39 is 18.4 Å². The zero-order chi connectivity index (χ0) is 14.2. The lowest BCUT2D eigenvalue weighted by molar-refractivity contribution is -0.0696. The number of hydrogen-bond donors (Lipinski definition) is 0. The first-order chi connectivity index (χ1) is 8.80. The lowest BCUT2D eigenvalue weighted by Gasteiger charge is -2.37. The van der Waals surface area contributed by atoms with E-state index in [4.69, 9.17) is 23.2 Å². The molecule has 2 rings (SSSR count). The third kappa shape index (κ3) is 3.15. The fourth-order valence-corrected chi connectivity index (χ4v) is 2.37. The number of likely N-dealkylation sites (tertiary alicyclic amines) is 1. The molecule has 0 bridgehead atoms. The summed E-state index contributed by atoms with van der Waals surface area (Å²) in [7, 11) is 0. The highest BCUT2D eigenvalue weighted by atomic mass is 35.5. The van der Waals surface area contributed by atoms with Gasteiger partial charge in [-0.05, 0) is 25.5 Å². The molecule has 2 heterocycles. The van der Waals surface area contributed by atoms with E-state index in [1.165, 1.54) is 12.1 Å². The van der Waals surface area contributed by atoms with Gasteiger partial charge < -0.3 is 4.90 Å².